The van der Waals surface area contributed by atoms with Gasteiger partial charge in [-0.15, -0.1) is 0 Å². The first-order valence-electron chi connectivity index (χ1n) is 9.70. The number of urea groups is 1. The maximum Gasteiger partial charge on any atom is 0.315 e. The average Bonchev–Trinajstić information content (AvgIpc) is 3.21. The third kappa shape index (κ3) is 6.94. The van der Waals surface area contributed by atoms with Gasteiger partial charge in [-0.05, 0) is 43.9 Å². The second kappa shape index (κ2) is 10.1. The quantitative estimate of drug-likeness (QED) is 0.580. The van der Waals surface area contributed by atoms with Gasteiger partial charge in [-0.1, -0.05) is 24.3 Å². The van der Waals surface area contributed by atoms with Crippen molar-refractivity contribution in [2.24, 2.45) is 0 Å². The first-order chi connectivity index (χ1) is 14.0. The lowest BCUT2D eigenvalue weighted by Crippen LogP contribution is -2.38. The SMILES string of the molecule is O=C(NCCS(=O)(=O)Nc1ccccc1)NCc1cccnc1OC1CCCC1. The maximum absolute atomic E-state index is 12.1. The molecule has 1 aliphatic carbocycles. The first-order valence-corrected chi connectivity index (χ1v) is 11.3. The second-order valence-corrected chi connectivity index (χ2v) is 8.73. The Balaban J connectivity index is 1.42. The molecule has 1 saturated carbocycles. The second-order valence-electron chi connectivity index (χ2n) is 6.89. The molecule has 0 spiro atoms. The zero-order chi connectivity index (χ0) is 20.5. The number of carbonyl (C=O) groups excluding carboxylic acids is 1. The number of anilines is 1. The highest BCUT2D eigenvalue weighted by Crippen LogP contribution is 2.24. The summed E-state index contributed by atoms with van der Waals surface area (Å²) in [5.74, 6) is 0.312. The predicted molar refractivity (Wildman–Crippen MR) is 111 cm³/mol. The maximum atomic E-state index is 12.1. The summed E-state index contributed by atoms with van der Waals surface area (Å²) < 4.78 is 32.5. The number of nitrogens with zero attached hydrogens (tertiary/aromatic N) is 1. The van der Waals surface area contributed by atoms with Crippen molar-refractivity contribution in [2.75, 3.05) is 17.0 Å². The largest absolute Gasteiger partial charge is 0.474 e. The van der Waals surface area contributed by atoms with Crippen molar-refractivity contribution >= 4 is 21.7 Å². The highest BCUT2D eigenvalue weighted by atomic mass is 32.2. The van der Waals surface area contributed by atoms with Crippen LogP contribution in [-0.2, 0) is 16.6 Å². The van der Waals surface area contributed by atoms with E-state index in [1.807, 2.05) is 6.07 Å². The zero-order valence-corrected chi connectivity index (χ0v) is 17.0. The van der Waals surface area contributed by atoms with Gasteiger partial charge in [0, 0.05) is 30.5 Å². The molecule has 2 amide bonds. The minimum Gasteiger partial charge on any atom is -0.474 e. The Morgan fingerprint density at radius 2 is 1.83 bits per heavy atom. The van der Waals surface area contributed by atoms with Crippen LogP contribution in [0.25, 0.3) is 0 Å². The Morgan fingerprint density at radius 1 is 1.07 bits per heavy atom. The third-order valence-electron chi connectivity index (χ3n) is 4.57. The summed E-state index contributed by atoms with van der Waals surface area (Å²) in [6.07, 6.45) is 6.22. The molecule has 0 bridgehead atoms. The number of hydrogen-bond acceptors (Lipinski definition) is 5. The van der Waals surface area contributed by atoms with E-state index in [4.69, 9.17) is 4.74 Å². The Labute approximate surface area is 171 Å². The number of amides is 2. The van der Waals surface area contributed by atoms with Crippen LogP contribution in [-0.4, -0.2) is 37.8 Å². The zero-order valence-electron chi connectivity index (χ0n) is 16.1. The van der Waals surface area contributed by atoms with Crippen molar-refractivity contribution in [3.05, 3.63) is 54.2 Å². The van der Waals surface area contributed by atoms with Gasteiger partial charge < -0.3 is 15.4 Å². The van der Waals surface area contributed by atoms with Gasteiger partial charge >= 0.3 is 6.03 Å². The molecule has 0 aliphatic heterocycles. The average molecular weight is 419 g/mol. The van der Waals surface area contributed by atoms with Crippen molar-refractivity contribution < 1.29 is 17.9 Å². The number of ether oxygens (including phenoxy) is 1. The summed E-state index contributed by atoms with van der Waals surface area (Å²) in [5, 5.41) is 5.27. The summed E-state index contributed by atoms with van der Waals surface area (Å²) in [6, 6.07) is 11.8. The van der Waals surface area contributed by atoms with E-state index < -0.39 is 16.1 Å². The fourth-order valence-electron chi connectivity index (χ4n) is 3.10. The molecule has 1 aromatic carbocycles. The van der Waals surface area contributed by atoms with Crippen LogP contribution in [0.15, 0.2) is 48.7 Å². The van der Waals surface area contributed by atoms with Crippen molar-refractivity contribution in [1.29, 1.82) is 0 Å². The molecular formula is C20H26N4O4S. The Hall–Kier alpha value is -2.81. The normalized spacial score (nSPS) is 14.3. The van der Waals surface area contributed by atoms with Crippen LogP contribution < -0.4 is 20.1 Å². The number of rotatable bonds is 9. The van der Waals surface area contributed by atoms with Gasteiger partial charge in [-0.25, -0.2) is 18.2 Å². The molecule has 1 aliphatic rings. The number of para-hydroxylation sites is 1. The lowest BCUT2D eigenvalue weighted by atomic mass is 10.2. The molecule has 0 unspecified atom stereocenters. The van der Waals surface area contributed by atoms with Crippen molar-refractivity contribution in [3.63, 3.8) is 0 Å². The van der Waals surface area contributed by atoms with E-state index >= 15 is 0 Å². The van der Waals surface area contributed by atoms with Crippen LogP contribution in [0, 0.1) is 0 Å². The van der Waals surface area contributed by atoms with Crippen molar-refractivity contribution in [3.8, 4) is 5.88 Å². The van der Waals surface area contributed by atoms with Gasteiger partial charge in [0.1, 0.15) is 6.10 Å². The molecule has 3 rings (SSSR count). The van der Waals surface area contributed by atoms with Gasteiger partial charge in [0.2, 0.25) is 15.9 Å². The molecule has 1 fully saturated rings. The Bertz CT molecular complexity index is 900. The molecule has 1 heterocycles. The predicted octanol–water partition coefficient (Wildman–Crippen LogP) is 2.64. The third-order valence-corrected chi connectivity index (χ3v) is 5.86. The number of aromatic nitrogens is 1. The molecule has 8 nitrogen and oxygen atoms in total. The van der Waals surface area contributed by atoms with Crippen LogP contribution >= 0.6 is 0 Å². The van der Waals surface area contributed by atoms with Gasteiger partial charge in [-0.2, -0.15) is 0 Å². The van der Waals surface area contributed by atoms with Crippen LogP contribution in [0.3, 0.4) is 0 Å². The molecule has 0 saturated heterocycles. The molecule has 2 aromatic rings. The first kappa shape index (κ1) is 20.9. The number of pyridine rings is 1. The number of hydrogen-bond donors (Lipinski definition) is 3. The Morgan fingerprint density at radius 3 is 2.59 bits per heavy atom. The standard InChI is InChI=1S/C20H26N4O4S/c25-20(22-13-14-29(26,27)24-17-8-2-1-3-9-17)23-15-16-7-6-12-21-19(16)28-18-10-4-5-11-18/h1-3,6-9,12,18,24H,4-5,10-11,13-15H2,(H2,22,23,25). The number of sulfonamides is 1. The molecular weight excluding hydrogens is 392 g/mol. The fourth-order valence-corrected chi connectivity index (χ4v) is 4.07. The number of nitrogens with one attached hydrogen (secondary N) is 3. The van der Waals surface area contributed by atoms with Gasteiger partial charge in [0.15, 0.2) is 0 Å². The van der Waals surface area contributed by atoms with Gasteiger partial charge in [-0.3, -0.25) is 4.72 Å². The lowest BCUT2D eigenvalue weighted by molar-refractivity contribution is 0.198. The summed E-state index contributed by atoms with van der Waals surface area (Å²) in [6.45, 7) is 0.239. The smallest absolute Gasteiger partial charge is 0.315 e. The lowest BCUT2D eigenvalue weighted by Gasteiger charge is -2.15. The summed E-state index contributed by atoms with van der Waals surface area (Å²) in [7, 11) is -3.54. The molecule has 0 atom stereocenters. The summed E-state index contributed by atoms with van der Waals surface area (Å²) >= 11 is 0. The molecule has 156 valence electrons. The summed E-state index contributed by atoms with van der Waals surface area (Å²) in [5.41, 5.74) is 1.27. The molecule has 9 heteroatoms. The number of carbonyl (C=O) groups is 1. The van der Waals surface area contributed by atoms with Crippen LogP contribution in [0.4, 0.5) is 10.5 Å². The van der Waals surface area contributed by atoms with E-state index in [0.29, 0.717) is 11.6 Å². The molecule has 0 radical (unpaired) electrons. The topological polar surface area (TPSA) is 109 Å². The van der Waals surface area contributed by atoms with Crippen LogP contribution in [0.1, 0.15) is 31.2 Å². The monoisotopic (exact) mass is 418 g/mol. The number of benzene rings is 1. The van der Waals surface area contributed by atoms with E-state index in [1.165, 1.54) is 0 Å². The van der Waals surface area contributed by atoms with Crippen LogP contribution in [0.2, 0.25) is 0 Å². The van der Waals surface area contributed by atoms with E-state index in [2.05, 4.69) is 20.3 Å². The highest BCUT2D eigenvalue weighted by Gasteiger charge is 2.18. The fraction of sp³-hybridized carbons (Fsp3) is 0.400. The van der Waals surface area contributed by atoms with Crippen molar-refractivity contribution in [1.82, 2.24) is 15.6 Å². The molecule has 29 heavy (non-hydrogen) atoms. The molecule has 3 N–H and O–H groups in total. The van der Waals surface area contributed by atoms with E-state index in [9.17, 15) is 13.2 Å². The van der Waals surface area contributed by atoms with Gasteiger partial charge in [0.25, 0.3) is 0 Å². The van der Waals surface area contributed by atoms with Gasteiger partial charge in [0.05, 0.1) is 5.75 Å². The van der Waals surface area contributed by atoms with E-state index in [-0.39, 0.29) is 24.9 Å². The minimum absolute atomic E-state index is 0.00747. The van der Waals surface area contributed by atoms with E-state index in [1.54, 1.807) is 42.6 Å². The van der Waals surface area contributed by atoms with Crippen LogP contribution in [0.5, 0.6) is 5.88 Å². The Kier molecular flexibility index (Phi) is 7.29. The highest BCUT2D eigenvalue weighted by molar-refractivity contribution is 7.92. The molecule has 1 aromatic heterocycles. The van der Waals surface area contributed by atoms with Crippen molar-refractivity contribution in [2.45, 2.75) is 38.3 Å². The summed E-state index contributed by atoms with van der Waals surface area (Å²) in [4.78, 5) is 16.3. The van der Waals surface area contributed by atoms with E-state index in [0.717, 1.165) is 31.2 Å². The minimum atomic E-state index is -3.54.